The van der Waals surface area contributed by atoms with Gasteiger partial charge in [-0.05, 0) is 44.9 Å². The molecule has 0 aromatic rings. The Morgan fingerprint density at radius 2 is 0.587 bits per heavy atom. The van der Waals surface area contributed by atoms with Crippen molar-refractivity contribution >= 4 is 17.9 Å². The molecule has 0 amide bonds. The fourth-order valence-electron chi connectivity index (χ4n) is 8.23. The van der Waals surface area contributed by atoms with Gasteiger partial charge in [0.15, 0.2) is 6.10 Å². The lowest BCUT2D eigenvalue weighted by atomic mass is 10.0. The average molecular weight is 887 g/mol. The molecular formula is C57H106O6. The van der Waals surface area contributed by atoms with Crippen LogP contribution in [0.5, 0.6) is 0 Å². The van der Waals surface area contributed by atoms with Crippen molar-refractivity contribution in [2.45, 2.75) is 309 Å². The van der Waals surface area contributed by atoms with Gasteiger partial charge < -0.3 is 14.2 Å². The van der Waals surface area contributed by atoms with E-state index in [4.69, 9.17) is 14.2 Å². The minimum atomic E-state index is -0.773. The second kappa shape index (κ2) is 52.5. The Morgan fingerprint density at radius 3 is 0.921 bits per heavy atom. The first-order chi connectivity index (χ1) is 31.0. The van der Waals surface area contributed by atoms with E-state index in [1.165, 1.54) is 180 Å². The molecule has 0 saturated carbocycles. The highest BCUT2D eigenvalue weighted by Gasteiger charge is 2.19. The van der Waals surface area contributed by atoms with E-state index >= 15 is 0 Å². The van der Waals surface area contributed by atoms with Gasteiger partial charge in [0.1, 0.15) is 13.2 Å². The van der Waals surface area contributed by atoms with Crippen LogP contribution in [-0.4, -0.2) is 37.2 Å². The lowest BCUT2D eigenvalue weighted by molar-refractivity contribution is -0.167. The van der Waals surface area contributed by atoms with Crippen molar-refractivity contribution in [2.24, 2.45) is 0 Å². The van der Waals surface area contributed by atoms with Crippen molar-refractivity contribution in [3.63, 3.8) is 0 Å². The zero-order valence-corrected chi connectivity index (χ0v) is 42.4. The topological polar surface area (TPSA) is 78.9 Å². The maximum atomic E-state index is 12.8. The standard InChI is InChI=1S/C57H106O6/c1-4-7-10-13-16-19-22-25-27-28-29-30-33-35-38-41-44-47-50-56(59)62-53-54(52-61-55(58)49-46-43-40-37-34-31-24-21-18-15-12-9-6-3)63-57(60)51-48-45-42-39-36-32-26-23-20-17-14-11-8-5-2/h14,17,23,26,54H,4-13,15-16,18-22,24-25,27-53H2,1-3H3/b17-14-,26-23-. The molecule has 0 aliphatic rings. The molecule has 0 N–H and O–H groups in total. The number of ether oxygens (including phenoxy) is 3. The summed E-state index contributed by atoms with van der Waals surface area (Å²) >= 11 is 0. The third kappa shape index (κ3) is 50.7. The number of carbonyl (C=O) groups is 3. The molecule has 0 fully saturated rings. The van der Waals surface area contributed by atoms with Crippen LogP contribution in [0.15, 0.2) is 24.3 Å². The van der Waals surface area contributed by atoms with Gasteiger partial charge in [0, 0.05) is 19.3 Å². The summed E-state index contributed by atoms with van der Waals surface area (Å²) in [6.07, 6.45) is 60.2. The Bertz CT molecular complexity index is 1020. The molecule has 0 heterocycles. The Kier molecular flexibility index (Phi) is 50.8. The minimum absolute atomic E-state index is 0.0717. The molecule has 0 aromatic heterocycles. The van der Waals surface area contributed by atoms with Gasteiger partial charge in [0.05, 0.1) is 0 Å². The van der Waals surface area contributed by atoms with Crippen LogP contribution in [0, 0.1) is 0 Å². The van der Waals surface area contributed by atoms with Gasteiger partial charge in [-0.2, -0.15) is 0 Å². The first-order valence-corrected chi connectivity index (χ1v) is 27.8. The molecule has 0 aliphatic heterocycles. The van der Waals surface area contributed by atoms with Gasteiger partial charge in [0.2, 0.25) is 0 Å². The molecule has 6 nitrogen and oxygen atoms in total. The maximum absolute atomic E-state index is 12.8. The third-order valence-electron chi connectivity index (χ3n) is 12.5. The summed E-state index contributed by atoms with van der Waals surface area (Å²) in [7, 11) is 0. The van der Waals surface area contributed by atoms with Crippen molar-refractivity contribution in [3.8, 4) is 0 Å². The van der Waals surface area contributed by atoms with Crippen LogP contribution < -0.4 is 0 Å². The normalized spacial score (nSPS) is 12.1. The summed E-state index contributed by atoms with van der Waals surface area (Å²) in [4.78, 5) is 38.0. The van der Waals surface area contributed by atoms with E-state index in [0.717, 1.165) is 83.5 Å². The fraction of sp³-hybridized carbons (Fsp3) is 0.877. The fourth-order valence-corrected chi connectivity index (χ4v) is 8.23. The number of allylic oxidation sites excluding steroid dienone is 4. The van der Waals surface area contributed by atoms with Crippen LogP contribution in [0.2, 0.25) is 0 Å². The van der Waals surface area contributed by atoms with Crippen molar-refractivity contribution in [1.29, 1.82) is 0 Å². The SMILES string of the molecule is CCCC/C=C\C/C=C\CCCCCCCC(=O)OC(COC(=O)CCCCCCCCCCCCCCC)COC(=O)CCCCCCCCCCCCCCCCCCCC. The van der Waals surface area contributed by atoms with Gasteiger partial charge in [0.25, 0.3) is 0 Å². The van der Waals surface area contributed by atoms with Crippen LogP contribution >= 0.6 is 0 Å². The molecular weight excluding hydrogens is 781 g/mol. The molecule has 1 atom stereocenters. The predicted molar refractivity (Wildman–Crippen MR) is 270 cm³/mol. The minimum Gasteiger partial charge on any atom is -0.462 e. The molecule has 0 aliphatic carbocycles. The number of carbonyl (C=O) groups excluding carboxylic acids is 3. The molecule has 6 heteroatoms. The van der Waals surface area contributed by atoms with E-state index in [0.29, 0.717) is 19.3 Å². The number of hydrogen-bond donors (Lipinski definition) is 0. The largest absolute Gasteiger partial charge is 0.462 e. The number of esters is 3. The Balaban J connectivity index is 4.31. The van der Waals surface area contributed by atoms with Crippen molar-refractivity contribution in [3.05, 3.63) is 24.3 Å². The molecule has 1 unspecified atom stereocenters. The van der Waals surface area contributed by atoms with Crippen LogP contribution in [0.1, 0.15) is 303 Å². The quantitative estimate of drug-likeness (QED) is 0.0262. The molecule has 0 radical (unpaired) electrons. The monoisotopic (exact) mass is 887 g/mol. The number of unbranched alkanes of at least 4 members (excludes halogenated alkanes) is 36. The van der Waals surface area contributed by atoms with Crippen LogP contribution in [-0.2, 0) is 28.6 Å². The zero-order valence-electron chi connectivity index (χ0n) is 42.4. The molecule has 0 aromatic carbocycles. The van der Waals surface area contributed by atoms with Gasteiger partial charge in [-0.3, -0.25) is 14.4 Å². The Labute approximate surface area is 392 Å². The highest BCUT2D eigenvalue weighted by molar-refractivity contribution is 5.71. The van der Waals surface area contributed by atoms with E-state index in [1.54, 1.807) is 0 Å². The van der Waals surface area contributed by atoms with Crippen molar-refractivity contribution < 1.29 is 28.6 Å². The van der Waals surface area contributed by atoms with Crippen molar-refractivity contribution in [2.75, 3.05) is 13.2 Å². The summed E-state index contributed by atoms with van der Waals surface area (Å²) < 4.78 is 16.8. The Morgan fingerprint density at radius 1 is 0.317 bits per heavy atom. The maximum Gasteiger partial charge on any atom is 0.306 e. The summed E-state index contributed by atoms with van der Waals surface area (Å²) in [6.45, 7) is 6.63. The first-order valence-electron chi connectivity index (χ1n) is 27.8. The number of hydrogen-bond acceptors (Lipinski definition) is 6. The molecule has 370 valence electrons. The van der Waals surface area contributed by atoms with E-state index in [2.05, 4.69) is 45.1 Å². The zero-order chi connectivity index (χ0) is 45.8. The van der Waals surface area contributed by atoms with Crippen LogP contribution in [0.4, 0.5) is 0 Å². The van der Waals surface area contributed by atoms with Crippen LogP contribution in [0.25, 0.3) is 0 Å². The summed E-state index contributed by atoms with van der Waals surface area (Å²) in [6, 6.07) is 0. The summed E-state index contributed by atoms with van der Waals surface area (Å²) in [5.74, 6) is -0.867. The lowest BCUT2D eigenvalue weighted by Gasteiger charge is -2.18. The van der Waals surface area contributed by atoms with Crippen molar-refractivity contribution in [1.82, 2.24) is 0 Å². The first kappa shape index (κ1) is 60.9. The summed E-state index contributed by atoms with van der Waals surface area (Å²) in [5.41, 5.74) is 0. The van der Waals surface area contributed by atoms with E-state index in [9.17, 15) is 14.4 Å². The molecule has 0 spiro atoms. The van der Waals surface area contributed by atoms with E-state index in [1.807, 2.05) is 0 Å². The van der Waals surface area contributed by atoms with E-state index in [-0.39, 0.29) is 31.1 Å². The average Bonchev–Trinajstić information content (AvgIpc) is 3.28. The molecule has 0 saturated heterocycles. The Hall–Kier alpha value is -2.11. The second-order valence-electron chi connectivity index (χ2n) is 18.9. The van der Waals surface area contributed by atoms with E-state index < -0.39 is 6.10 Å². The highest BCUT2D eigenvalue weighted by atomic mass is 16.6. The molecule has 0 bridgehead atoms. The van der Waals surface area contributed by atoms with Gasteiger partial charge in [-0.25, -0.2) is 0 Å². The summed E-state index contributed by atoms with van der Waals surface area (Å²) in [5, 5.41) is 0. The second-order valence-corrected chi connectivity index (χ2v) is 18.9. The van der Waals surface area contributed by atoms with Gasteiger partial charge in [-0.1, -0.05) is 263 Å². The molecule has 0 rings (SSSR count). The van der Waals surface area contributed by atoms with Crippen LogP contribution in [0.3, 0.4) is 0 Å². The van der Waals surface area contributed by atoms with Gasteiger partial charge in [-0.15, -0.1) is 0 Å². The highest BCUT2D eigenvalue weighted by Crippen LogP contribution is 2.17. The predicted octanol–water partition coefficient (Wildman–Crippen LogP) is 18.3. The number of rotatable bonds is 51. The third-order valence-corrected chi connectivity index (χ3v) is 12.5. The van der Waals surface area contributed by atoms with Gasteiger partial charge >= 0.3 is 17.9 Å². The smallest absolute Gasteiger partial charge is 0.306 e. The lowest BCUT2D eigenvalue weighted by Crippen LogP contribution is -2.30. The molecule has 63 heavy (non-hydrogen) atoms.